The highest BCUT2D eigenvalue weighted by Crippen LogP contribution is 2.29. The number of ether oxygens (including phenoxy) is 1. The molecule has 164 valence electrons. The Morgan fingerprint density at radius 2 is 1.48 bits per heavy atom. The minimum Gasteiger partial charge on any atom is -0.481 e. The van der Waals surface area contributed by atoms with Crippen molar-refractivity contribution in [1.82, 2.24) is 9.97 Å². The SMILES string of the molecule is COc1ccc(NC(=O)c2ccc(C(=O)Nc3ccc(Cl)c(-c4ccccn4)c3)cc2)cn1. The highest BCUT2D eigenvalue weighted by atomic mass is 35.5. The third-order valence-corrected chi connectivity index (χ3v) is 5.11. The maximum Gasteiger partial charge on any atom is 0.255 e. The number of methoxy groups -OCH3 is 1. The normalized spacial score (nSPS) is 10.4. The Hall–Kier alpha value is -4.23. The molecule has 0 bridgehead atoms. The predicted octanol–water partition coefficient (Wildman–Crippen LogP) is 5.31. The van der Waals surface area contributed by atoms with Crippen molar-refractivity contribution in [2.24, 2.45) is 0 Å². The lowest BCUT2D eigenvalue weighted by molar-refractivity contribution is 0.101. The number of hydrogen-bond donors (Lipinski definition) is 2. The Morgan fingerprint density at radius 1 is 0.818 bits per heavy atom. The van der Waals surface area contributed by atoms with Gasteiger partial charge < -0.3 is 15.4 Å². The predicted molar refractivity (Wildman–Crippen MR) is 128 cm³/mol. The molecule has 0 atom stereocenters. The number of anilines is 2. The van der Waals surface area contributed by atoms with Crippen LogP contribution in [0.4, 0.5) is 11.4 Å². The zero-order chi connectivity index (χ0) is 23.2. The fraction of sp³-hybridized carbons (Fsp3) is 0.0400. The first kappa shape index (κ1) is 22.0. The van der Waals surface area contributed by atoms with Crippen LogP contribution in [0, 0.1) is 0 Å². The summed E-state index contributed by atoms with van der Waals surface area (Å²) in [5.74, 6) is -0.168. The second kappa shape index (κ2) is 9.93. The third kappa shape index (κ3) is 5.34. The lowest BCUT2D eigenvalue weighted by Crippen LogP contribution is -2.14. The van der Waals surface area contributed by atoms with Gasteiger partial charge in [0.25, 0.3) is 11.8 Å². The van der Waals surface area contributed by atoms with Gasteiger partial charge in [-0.25, -0.2) is 4.98 Å². The molecular formula is C25H19ClN4O3. The van der Waals surface area contributed by atoms with Gasteiger partial charge in [-0.1, -0.05) is 17.7 Å². The van der Waals surface area contributed by atoms with E-state index >= 15 is 0 Å². The topological polar surface area (TPSA) is 93.2 Å². The van der Waals surface area contributed by atoms with Gasteiger partial charge in [0.2, 0.25) is 5.88 Å². The summed E-state index contributed by atoms with van der Waals surface area (Å²) in [6.07, 6.45) is 3.18. The molecule has 2 N–H and O–H groups in total. The van der Waals surface area contributed by atoms with Gasteiger partial charge in [-0.3, -0.25) is 14.6 Å². The monoisotopic (exact) mass is 458 g/mol. The molecule has 4 aromatic rings. The molecule has 7 nitrogen and oxygen atoms in total. The summed E-state index contributed by atoms with van der Waals surface area (Å²) < 4.78 is 5.00. The van der Waals surface area contributed by atoms with Crippen LogP contribution in [0.15, 0.2) is 85.2 Å². The van der Waals surface area contributed by atoms with Crippen molar-refractivity contribution in [1.29, 1.82) is 0 Å². The number of amides is 2. The van der Waals surface area contributed by atoms with Gasteiger partial charge in [0.1, 0.15) is 0 Å². The number of nitrogens with one attached hydrogen (secondary N) is 2. The quantitative estimate of drug-likeness (QED) is 0.408. The van der Waals surface area contributed by atoms with Crippen LogP contribution in [-0.4, -0.2) is 28.9 Å². The van der Waals surface area contributed by atoms with Gasteiger partial charge in [0.15, 0.2) is 0 Å². The summed E-state index contributed by atoms with van der Waals surface area (Å²) in [5, 5.41) is 6.13. The maximum atomic E-state index is 12.7. The van der Waals surface area contributed by atoms with E-state index in [1.807, 2.05) is 18.2 Å². The molecule has 0 radical (unpaired) electrons. The van der Waals surface area contributed by atoms with E-state index in [4.69, 9.17) is 16.3 Å². The molecule has 0 fully saturated rings. The Labute approximate surface area is 195 Å². The summed E-state index contributed by atoms with van der Waals surface area (Å²) in [7, 11) is 1.52. The number of carbonyl (C=O) groups excluding carboxylic acids is 2. The fourth-order valence-electron chi connectivity index (χ4n) is 3.08. The Morgan fingerprint density at radius 3 is 2.06 bits per heavy atom. The molecule has 2 aromatic carbocycles. The first-order valence-corrected chi connectivity index (χ1v) is 10.3. The summed E-state index contributed by atoms with van der Waals surface area (Å²) >= 11 is 6.30. The van der Waals surface area contributed by atoms with Crippen LogP contribution in [0.1, 0.15) is 20.7 Å². The van der Waals surface area contributed by atoms with Gasteiger partial charge in [0, 0.05) is 34.6 Å². The van der Waals surface area contributed by atoms with Crippen LogP contribution in [0.25, 0.3) is 11.3 Å². The van der Waals surface area contributed by atoms with Crippen LogP contribution in [0.3, 0.4) is 0 Å². The van der Waals surface area contributed by atoms with E-state index in [9.17, 15) is 9.59 Å². The standard InChI is InChI=1S/C25H19ClN4O3/c1-33-23-12-10-19(15-28-23)30-25(32)17-7-5-16(6-8-17)24(31)29-18-9-11-21(26)20(14-18)22-4-2-3-13-27-22/h2-15H,1H3,(H,29,31)(H,30,32). The smallest absolute Gasteiger partial charge is 0.255 e. The van der Waals surface area contributed by atoms with Gasteiger partial charge >= 0.3 is 0 Å². The number of nitrogens with zero attached hydrogens (tertiary/aromatic N) is 2. The summed E-state index contributed by atoms with van der Waals surface area (Å²) in [6, 6.07) is 20.4. The molecule has 4 rings (SSSR count). The van der Waals surface area contributed by atoms with Gasteiger partial charge in [0.05, 0.1) is 29.7 Å². The maximum absolute atomic E-state index is 12.7. The van der Waals surface area contributed by atoms with Crippen molar-refractivity contribution in [3.63, 3.8) is 0 Å². The van der Waals surface area contributed by atoms with Crippen molar-refractivity contribution in [2.75, 3.05) is 17.7 Å². The molecule has 0 saturated carbocycles. The Bertz CT molecular complexity index is 1280. The number of rotatable bonds is 6. The molecule has 8 heteroatoms. The molecule has 2 aromatic heterocycles. The van der Waals surface area contributed by atoms with Crippen molar-refractivity contribution >= 4 is 34.8 Å². The van der Waals surface area contributed by atoms with E-state index < -0.39 is 0 Å². The number of pyridine rings is 2. The second-order valence-corrected chi connectivity index (χ2v) is 7.39. The van der Waals surface area contributed by atoms with E-state index in [0.29, 0.717) is 39.1 Å². The van der Waals surface area contributed by atoms with E-state index in [1.165, 1.54) is 13.3 Å². The van der Waals surface area contributed by atoms with Crippen LogP contribution in [-0.2, 0) is 0 Å². The summed E-state index contributed by atoms with van der Waals surface area (Å²) in [4.78, 5) is 33.5. The minimum atomic E-state index is -0.313. The van der Waals surface area contributed by atoms with E-state index in [0.717, 1.165) is 5.56 Å². The zero-order valence-electron chi connectivity index (χ0n) is 17.6. The van der Waals surface area contributed by atoms with Gasteiger partial charge in [-0.15, -0.1) is 0 Å². The second-order valence-electron chi connectivity index (χ2n) is 6.98. The van der Waals surface area contributed by atoms with Crippen molar-refractivity contribution in [3.05, 3.63) is 101 Å². The molecule has 33 heavy (non-hydrogen) atoms. The van der Waals surface area contributed by atoms with Gasteiger partial charge in [-0.2, -0.15) is 0 Å². The average molecular weight is 459 g/mol. The van der Waals surface area contributed by atoms with Crippen molar-refractivity contribution < 1.29 is 14.3 Å². The lowest BCUT2D eigenvalue weighted by atomic mass is 10.1. The minimum absolute atomic E-state index is 0.310. The number of halogens is 1. The largest absolute Gasteiger partial charge is 0.481 e. The third-order valence-electron chi connectivity index (χ3n) is 4.78. The van der Waals surface area contributed by atoms with Crippen LogP contribution in [0.5, 0.6) is 5.88 Å². The average Bonchev–Trinajstić information content (AvgIpc) is 2.86. The number of hydrogen-bond acceptors (Lipinski definition) is 5. The lowest BCUT2D eigenvalue weighted by Gasteiger charge is -2.10. The van der Waals surface area contributed by atoms with Crippen molar-refractivity contribution in [3.8, 4) is 17.1 Å². The summed E-state index contributed by atoms with van der Waals surface area (Å²) in [6.45, 7) is 0. The molecule has 0 aliphatic carbocycles. The molecule has 2 heterocycles. The number of carbonyl (C=O) groups is 2. The van der Waals surface area contributed by atoms with E-state index in [-0.39, 0.29) is 11.8 Å². The number of benzene rings is 2. The molecule has 0 aliphatic rings. The Balaban J connectivity index is 1.43. The van der Waals surface area contributed by atoms with Crippen LogP contribution >= 0.6 is 11.6 Å². The molecule has 2 amide bonds. The summed E-state index contributed by atoms with van der Waals surface area (Å²) in [5.41, 5.74) is 3.36. The van der Waals surface area contributed by atoms with Crippen molar-refractivity contribution in [2.45, 2.75) is 0 Å². The fourth-order valence-corrected chi connectivity index (χ4v) is 3.29. The molecule has 0 unspecified atom stereocenters. The highest BCUT2D eigenvalue weighted by Gasteiger charge is 2.12. The zero-order valence-corrected chi connectivity index (χ0v) is 18.3. The van der Waals surface area contributed by atoms with Crippen LogP contribution in [0.2, 0.25) is 5.02 Å². The van der Waals surface area contributed by atoms with E-state index in [2.05, 4.69) is 20.6 Å². The van der Waals surface area contributed by atoms with Crippen LogP contribution < -0.4 is 15.4 Å². The molecule has 0 saturated heterocycles. The number of aromatic nitrogens is 2. The first-order chi connectivity index (χ1) is 16.0. The highest BCUT2D eigenvalue weighted by molar-refractivity contribution is 6.33. The van der Waals surface area contributed by atoms with E-state index in [1.54, 1.807) is 60.8 Å². The Kier molecular flexibility index (Phi) is 6.61. The molecular weight excluding hydrogens is 440 g/mol. The molecule has 0 spiro atoms. The first-order valence-electron chi connectivity index (χ1n) is 9.97. The molecule has 0 aliphatic heterocycles. The van der Waals surface area contributed by atoms with Gasteiger partial charge in [-0.05, 0) is 60.7 Å².